The van der Waals surface area contributed by atoms with Crippen LogP contribution in [0, 0.1) is 0 Å². The quantitative estimate of drug-likeness (QED) is 0.837. The summed E-state index contributed by atoms with van der Waals surface area (Å²) in [6.45, 7) is 0.887. The summed E-state index contributed by atoms with van der Waals surface area (Å²) in [7, 11) is 0. The SMILES string of the molecule is O=C(O)c1csc(CCN[C@H]2CCSC2)n1. The monoisotopic (exact) mass is 258 g/mol. The van der Waals surface area contributed by atoms with Crippen LogP contribution in [-0.4, -0.2) is 40.2 Å². The van der Waals surface area contributed by atoms with Crippen LogP contribution in [0.25, 0.3) is 0 Å². The van der Waals surface area contributed by atoms with E-state index in [4.69, 9.17) is 5.11 Å². The Labute approximate surface area is 102 Å². The van der Waals surface area contributed by atoms with E-state index in [2.05, 4.69) is 10.3 Å². The minimum absolute atomic E-state index is 0.163. The molecule has 6 heteroatoms. The number of hydrogen-bond acceptors (Lipinski definition) is 5. The number of carboxylic acid groups (broad SMARTS) is 1. The number of rotatable bonds is 5. The zero-order valence-corrected chi connectivity index (χ0v) is 10.4. The number of carbonyl (C=O) groups is 1. The molecule has 4 nitrogen and oxygen atoms in total. The lowest BCUT2D eigenvalue weighted by molar-refractivity contribution is 0.0691. The molecular weight excluding hydrogens is 244 g/mol. The minimum atomic E-state index is -0.942. The molecule has 2 rings (SSSR count). The third-order valence-corrected chi connectivity index (χ3v) is 4.54. The van der Waals surface area contributed by atoms with E-state index in [9.17, 15) is 4.79 Å². The second-order valence-corrected chi connectivity index (χ2v) is 5.79. The predicted octanol–water partition coefficient (Wildman–Crippen LogP) is 1.48. The summed E-state index contributed by atoms with van der Waals surface area (Å²) in [5, 5.41) is 14.7. The summed E-state index contributed by atoms with van der Waals surface area (Å²) >= 11 is 3.41. The molecule has 0 aliphatic carbocycles. The highest BCUT2D eigenvalue weighted by Gasteiger charge is 2.14. The molecule has 0 saturated carbocycles. The van der Waals surface area contributed by atoms with Crippen LogP contribution in [0.2, 0.25) is 0 Å². The zero-order valence-electron chi connectivity index (χ0n) is 8.81. The Hall–Kier alpha value is -0.590. The lowest BCUT2D eigenvalue weighted by Gasteiger charge is -2.09. The van der Waals surface area contributed by atoms with Gasteiger partial charge < -0.3 is 10.4 Å². The molecular formula is C10H14N2O2S2. The molecule has 0 aromatic carbocycles. The Morgan fingerprint density at radius 1 is 1.69 bits per heavy atom. The lowest BCUT2D eigenvalue weighted by atomic mass is 10.2. The van der Waals surface area contributed by atoms with Gasteiger partial charge in [0.25, 0.3) is 0 Å². The molecule has 16 heavy (non-hydrogen) atoms. The summed E-state index contributed by atoms with van der Waals surface area (Å²) in [6.07, 6.45) is 2.06. The van der Waals surface area contributed by atoms with Gasteiger partial charge in [0.05, 0.1) is 5.01 Å². The Morgan fingerprint density at radius 3 is 3.19 bits per heavy atom. The van der Waals surface area contributed by atoms with E-state index in [1.165, 1.54) is 29.3 Å². The number of carboxylic acids is 1. The maximum atomic E-state index is 10.6. The maximum absolute atomic E-state index is 10.6. The molecule has 0 unspecified atom stereocenters. The van der Waals surface area contributed by atoms with Gasteiger partial charge in [-0.3, -0.25) is 0 Å². The van der Waals surface area contributed by atoms with Gasteiger partial charge in [-0.2, -0.15) is 11.8 Å². The molecule has 2 heterocycles. The van der Waals surface area contributed by atoms with Crippen molar-refractivity contribution in [2.75, 3.05) is 18.1 Å². The molecule has 0 spiro atoms. The maximum Gasteiger partial charge on any atom is 0.355 e. The van der Waals surface area contributed by atoms with Crippen molar-refractivity contribution >= 4 is 29.1 Å². The number of aromatic nitrogens is 1. The lowest BCUT2D eigenvalue weighted by Crippen LogP contribution is -2.30. The van der Waals surface area contributed by atoms with Crippen molar-refractivity contribution in [3.8, 4) is 0 Å². The average Bonchev–Trinajstić information content (AvgIpc) is 2.87. The van der Waals surface area contributed by atoms with Gasteiger partial charge in [-0.05, 0) is 12.2 Å². The number of nitrogens with one attached hydrogen (secondary N) is 1. The fourth-order valence-electron chi connectivity index (χ4n) is 1.60. The molecule has 1 aliphatic rings. The fraction of sp³-hybridized carbons (Fsp3) is 0.600. The molecule has 1 aromatic rings. The molecule has 1 aliphatic heterocycles. The van der Waals surface area contributed by atoms with E-state index in [1.54, 1.807) is 5.38 Å². The highest BCUT2D eigenvalue weighted by Crippen LogP contribution is 2.17. The van der Waals surface area contributed by atoms with Crippen LogP contribution < -0.4 is 5.32 Å². The van der Waals surface area contributed by atoms with Gasteiger partial charge >= 0.3 is 5.97 Å². The van der Waals surface area contributed by atoms with E-state index in [0.717, 1.165) is 18.0 Å². The standard InChI is InChI=1S/C10H14N2O2S2/c13-10(14)8-6-16-9(12-8)1-3-11-7-2-4-15-5-7/h6-7,11H,1-5H2,(H,13,14)/t7-/m0/s1. The first-order valence-electron chi connectivity index (χ1n) is 5.24. The number of thioether (sulfide) groups is 1. The highest BCUT2D eigenvalue weighted by molar-refractivity contribution is 7.99. The average molecular weight is 258 g/mol. The van der Waals surface area contributed by atoms with Crippen molar-refractivity contribution in [2.45, 2.75) is 18.9 Å². The Balaban J connectivity index is 1.74. The molecule has 88 valence electrons. The third-order valence-electron chi connectivity index (χ3n) is 2.47. The summed E-state index contributed by atoms with van der Waals surface area (Å²) in [5.74, 6) is 1.50. The van der Waals surface area contributed by atoms with Crippen LogP contribution >= 0.6 is 23.1 Å². The van der Waals surface area contributed by atoms with Crippen LogP contribution in [0.15, 0.2) is 5.38 Å². The van der Waals surface area contributed by atoms with E-state index in [0.29, 0.717) is 6.04 Å². The van der Waals surface area contributed by atoms with Crippen LogP contribution in [0.4, 0.5) is 0 Å². The van der Waals surface area contributed by atoms with Gasteiger partial charge in [0, 0.05) is 30.1 Å². The minimum Gasteiger partial charge on any atom is -0.476 e. The molecule has 0 radical (unpaired) electrons. The molecule has 0 amide bonds. The first kappa shape index (κ1) is 11.9. The molecule has 1 aromatic heterocycles. The van der Waals surface area contributed by atoms with Gasteiger partial charge in [0.15, 0.2) is 5.69 Å². The summed E-state index contributed by atoms with van der Waals surface area (Å²) in [6, 6.07) is 0.629. The van der Waals surface area contributed by atoms with Gasteiger partial charge in [-0.1, -0.05) is 0 Å². The second-order valence-electron chi connectivity index (χ2n) is 3.70. The predicted molar refractivity (Wildman–Crippen MR) is 66.5 cm³/mol. The summed E-state index contributed by atoms with van der Waals surface area (Å²) in [4.78, 5) is 14.7. The van der Waals surface area contributed by atoms with Crippen molar-refractivity contribution in [3.05, 3.63) is 16.1 Å². The molecule has 1 fully saturated rings. The van der Waals surface area contributed by atoms with Crippen molar-refractivity contribution in [2.24, 2.45) is 0 Å². The number of aromatic carboxylic acids is 1. The Morgan fingerprint density at radius 2 is 2.56 bits per heavy atom. The van der Waals surface area contributed by atoms with Crippen LogP contribution in [0.3, 0.4) is 0 Å². The van der Waals surface area contributed by atoms with Gasteiger partial charge in [-0.25, -0.2) is 9.78 Å². The number of nitrogens with zero attached hydrogens (tertiary/aromatic N) is 1. The van der Waals surface area contributed by atoms with Gasteiger partial charge in [0.2, 0.25) is 0 Å². The van der Waals surface area contributed by atoms with Crippen molar-refractivity contribution in [1.29, 1.82) is 0 Å². The summed E-state index contributed by atoms with van der Waals surface area (Å²) in [5.41, 5.74) is 0.163. The molecule has 1 saturated heterocycles. The largest absolute Gasteiger partial charge is 0.476 e. The van der Waals surface area contributed by atoms with Crippen LogP contribution in [0.1, 0.15) is 21.9 Å². The van der Waals surface area contributed by atoms with Crippen LogP contribution in [0.5, 0.6) is 0 Å². The fourth-order valence-corrected chi connectivity index (χ4v) is 3.56. The summed E-state index contributed by atoms with van der Waals surface area (Å²) < 4.78 is 0. The molecule has 2 N–H and O–H groups in total. The molecule has 0 bridgehead atoms. The zero-order chi connectivity index (χ0) is 11.4. The van der Waals surface area contributed by atoms with Crippen molar-refractivity contribution < 1.29 is 9.90 Å². The van der Waals surface area contributed by atoms with E-state index >= 15 is 0 Å². The first-order chi connectivity index (χ1) is 7.75. The third kappa shape index (κ3) is 3.20. The van der Waals surface area contributed by atoms with E-state index in [-0.39, 0.29) is 5.69 Å². The van der Waals surface area contributed by atoms with Crippen LogP contribution in [-0.2, 0) is 6.42 Å². The number of thiazole rings is 1. The topological polar surface area (TPSA) is 62.2 Å². The highest BCUT2D eigenvalue weighted by atomic mass is 32.2. The molecule has 1 atom stereocenters. The van der Waals surface area contributed by atoms with E-state index in [1.807, 2.05) is 11.8 Å². The Kier molecular flexibility index (Phi) is 4.20. The Bertz CT molecular complexity index is 361. The van der Waals surface area contributed by atoms with Gasteiger partial charge in [-0.15, -0.1) is 11.3 Å². The normalized spacial score (nSPS) is 20.1. The van der Waals surface area contributed by atoms with Crippen molar-refractivity contribution in [1.82, 2.24) is 10.3 Å². The van der Waals surface area contributed by atoms with Gasteiger partial charge in [0.1, 0.15) is 0 Å². The second kappa shape index (κ2) is 5.65. The van der Waals surface area contributed by atoms with E-state index < -0.39 is 5.97 Å². The number of hydrogen-bond donors (Lipinski definition) is 2. The van der Waals surface area contributed by atoms with Crippen molar-refractivity contribution in [3.63, 3.8) is 0 Å². The first-order valence-corrected chi connectivity index (χ1v) is 7.28. The smallest absolute Gasteiger partial charge is 0.355 e.